The van der Waals surface area contributed by atoms with Gasteiger partial charge in [0.25, 0.3) is 0 Å². The SMILES string of the molecule is CCCOc1cccc(CC(=O)NC(C)(CCC)C(=O)O)c1. The van der Waals surface area contributed by atoms with Crippen LogP contribution >= 0.6 is 0 Å². The maximum absolute atomic E-state index is 12.1. The fourth-order valence-electron chi connectivity index (χ4n) is 2.23. The van der Waals surface area contributed by atoms with Crippen molar-refractivity contribution < 1.29 is 19.4 Å². The van der Waals surface area contributed by atoms with Crippen molar-refractivity contribution in [2.75, 3.05) is 6.61 Å². The highest BCUT2D eigenvalue weighted by Crippen LogP contribution is 2.16. The maximum Gasteiger partial charge on any atom is 0.329 e. The van der Waals surface area contributed by atoms with Crippen LogP contribution in [0.5, 0.6) is 5.75 Å². The van der Waals surface area contributed by atoms with Crippen LogP contribution in [0.25, 0.3) is 0 Å². The molecule has 0 spiro atoms. The van der Waals surface area contributed by atoms with Crippen LogP contribution in [0.3, 0.4) is 0 Å². The molecule has 1 atom stereocenters. The van der Waals surface area contributed by atoms with E-state index in [9.17, 15) is 14.7 Å². The molecule has 2 N–H and O–H groups in total. The summed E-state index contributed by atoms with van der Waals surface area (Å²) in [6.45, 7) is 6.08. The highest BCUT2D eigenvalue weighted by molar-refractivity contribution is 5.87. The first-order chi connectivity index (χ1) is 10.4. The number of rotatable bonds is 9. The van der Waals surface area contributed by atoms with Gasteiger partial charge >= 0.3 is 5.97 Å². The molecule has 5 nitrogen and oxygen atoms in total. The van der Waals surface area contributed by atoms with E-state index in [0.717, 1.165) is 17.7 Å². The van der Waals surface area contributed by atoms with Gasteiger partial charge < -0.3 is 15.2 Å². The first-order valence-corrected chi connectivity index (χ1v) is 7.67. The molecule has 0 aliphatic rings. The van der Waals surface area contributed by atoms with Crippen molar-refractivity contribution in [3.63, 3.8) is 0 Å². The number of carboxylic acid groups (broad SMARTS) is 1. The molecule has 0 bridgehead atoms. The van der Waals surface area contributed by atoms with Gasteiger partial charge in [-0.05, 0) is 37.5 Å². The van der Waals surface area contributed by atoms with E-state index in [-0.39, 0.29) is 12.3 Å². The van der Waals surface area contributed by atoms with E-state index in [1.165, 1.54) is 6.92 Å². The number of benzene rings is 1. The molecular weight excluding hydrogens is 282 g/mol. The number of nitrogens with one attached hydrogen (secondary N) is 1. The Morgan fingerprint density at radius 2 is 2.00 bits per heavy atom. The average Bonchev–Trinajstić information content (AvgIpc) is 2.45. The molecule has 1 aromatic rings. The molecule has 1 unspecified atom stereocenters. The van der Waals surface area contributed by atoms with Crippen LogP contribution in [0.2, 0.25) is 0 Å². The Labute approximate surface area is 131 Å². The Kier molecular flexibility index (Phi) is 6.89. The summed E-state index contributed by atoms with van der Waals surface area (Å²) < 4.78 is 5.53. The second kappa shape index (κ2) is 8.41. The summed E-state index contributed by atoms with van der Waals surface area (Å²) in [5, 5.41) is 11.9. The van der Waals surface area contributed by atoms with Crippen molar-refractivity contribution in [1.82, 2.24) is 5.32 Å². The van der Waals surface area contributed by atoms with E-state index >= 15 is 0 Å². The van der Waals surface area contributed by atoms with Gasteiger partial charge in [-0.2, -0.15) is 0 Å². The highest BCUT2D eigenvalue weighted by Gasteiger charge is 2.33. The number of aliphatic carboxylic acids is 1. The molecule has 0 fully saturated rings. The number of carbonyl (C=O) groups excluding carboxylic acids is 1. The molecule has 22 heavy (non-hydrogen) atoms. The number of ether oxygens (including phenoxy) is 1. The second-order valence-corrected chi connectivity index (χ2v) is 5.61. The van der Waals surface area contributed by atoms with Gasteiger partial charge in [-0.15, -0.1) is 0 Å². The summed E-state index contributed by atoms with van der Waals surface area (Å²) in [5.74, 6) is -0.588. The van der Waals surface area contributed by atoms with E-state index in [1.54, 1.807) is 0 Å². The lowest BCUT2D eigenvalue weighted by molar-refractivity contribution is -0.147. The van der Waals surface area contributed by atoms with E-state index in [2.05, 4.69) is 5.32 Å². The lowest BCUT2D eigenvalue weighted by Gasteiger charge is -2.25. The first kappa shape index (κ1) is 18.0. The molecule has 5 heteroatoms. The minimum Gasteiger partial charge on any atom is -0.494 e. The summed E-state index contributed by atoms with van der Waals surface area (Å²) in [4.78, 5) is 23.5. The first-order valence-electron chi connectivity index (χ1n) is 7.67. The van der Waals surface area contributed by atoms with Crippen molar-refractivity contribution in [3.8, 4) is 5.75 Å². The lowest BCUT2D eigenvalue weighted by atomic mass is 9.96. The molecule has 0 heterocycles. The van der Waals surface area contributed by atoms with Crippen molar-refractivity contribution >= 4 is 11.9 Å². The van der Waals surface area contributed by atoms with Gasteiger partial charge in [-0.1, -0.05) is 32.4 Å². The van der Waals surface area contributed by atoms with E-state index in [1.807, 2.05) is 38.1 Å². The van der Waals surface area contributed by atoms with Crippen molar-refractivity contribution in [2.45, 2.75) is 52.0 Å². The Balaban J connectivity index is 2.70. The molecule has 0 aromatic heterocycles. The van der Waals surface area contributed by atoms with Gasteiger partial charge in [0.15, 0.2) is 0 Å². The van der Waals surface area contributed by atoms with Gasteiger partial charge in [-0.3, -0.25) is 4.79 Å². The molecule has 1 amide bonds. The topological polar surface area (TPSA) is 75.6 Å². The molecule has 122 valence electrons. The minimum absolute atomic E-state index is 0.135. The third-order valence-electron chi connectivity index (χ3n) is 3.37. The standard InChI is InChI=1S/C17H25NO4/c1-4-9-17(3,16(20)21)18-15(19)12-13-7-6-8-14(11-13)22-10-5-2/h6-8,11H,4-5,9-10,12H2,1-3H3,(H,18,19)(H,20,21). The largest absolute Gasteiger partial charge is 0.494 e. The zero-order valence-electron chi connectivity index (χ0n) is 13.5. The van der Waals surface area contributed by atoms with Crippen LogP contribution in [-0.4, -0.2) is 29.1 Å². The molecule has 0 saturated heterocycles. The summed E-state index contributed by atoms with van der Waals surface area (Å²) in [6.07, 6.45) is 2.13. The number of carboxylic acids is 1. The second-order valence-electron chi connectivity index (χ2n) is 5.61. The quantitative estimate of drug-likeness (QED) is 0.735. The molecule has 0 saturated carbocycles. The molecule has 0 aliphatic carbocycles. The monoisotopic (exact) mass is 307 g/mol. The van der Waals surface area contributed by atoms with E-state index in [4.69, 9.17) is 4.74 Å². The van der Waals surface area contributed by atoms with Gasteiger partial charge in [-0.25, -0.2) is 4.79 Å². The van der Waals surface area contributed by atoms with E-state index in [0.29, 0.717) is 19.4 Å². The third kappa shape index (κ3) is 5.39. The summed E-state index contributed by atoms with van der Waals surface area (Å²) in [6, 6.07) is 7.31. The fraction of sp³-hybridized carbons (Fsp3) is 0.529. The van der Waals surface area contributed by atoms with Crippen LogP contribution in [-0.2, 0) is 16.0 Å². The zero-order valence-corrected chi connectivity index (χ0v) is 13.5. The Morgan fingerprint density at radius 3 is 2.59 bits per heavy atom. The predicted molar refractivity (Wildman–Crippen MR) is 85.0 cm³/mol. The van der Waals surface area contributed by atoms with Crippen LogP contribution in [0.1, 0.15) is 45.6 Å². The molecule has 0 radical (unpaired) electrons. The Morgan fingerprint density at radius 1 is 1.27 bits per heavy atom. The molecule has 1 rings (SSSR count). The van der Waals surface area contributed by atoms with Crippen LogP contribution in [0.4, 0.5) is 0 Å². The number of hydrogen-bond donors (Lipinski definition) is 2. The smallest absolute Gasteiger partial charge is 0.329 e. The normalized spacial score (nSPS) is 13.2. The lowest BCUT2D eigenvalue weighted by Crippen LogP contribution is -2.52. The van der Waals surface area contributed by atoms with Gasteiger partial charge in [0.1, 0.15) is 11.3 Å². The third-order valence-corrected chi connectivity index (χ3v) is 3.37. The minimum atomic E-state index is -1.22. The average molecular weight is 307 g/mol. The number of amides is 1. The van der Waals surface area contributed by atoms with Crippen LogP contribution in [0, 0.1) is 0 Å². The summed E-state index contributed by atoms with van der Waals surface area (Å²) in [7, 11) is 0. The zero-order chi connectivity index (χ0) is 16.6. The van der Waals surface area contributed by atoms with Crippen LogP contribution < -0.4 is 10.1 Å². The Hall–Kier alpha value is -2.04. The fourth-order valence-corrected chi connectivity index (χ4v) is 2.23. The highest BCUT2D eigenvalue weighted by atomic mass is 16.5. The summed E-state index contributed by atoms with van der Waals surface area (Å²) >= 11 is 0. The molecule has 1 aromatic carbocycles. The molecule has 0 aliphatic heterocycles. The predicted octanol–water partition coefficient (Wildman–Crippen LogP) is 2.78. The van der Waals surface area contributed by atoms with Gasteiger partial charge in [0.2, 0.25) is 5.91 Å². The van der Waals surface area contributed by atoms with Crippen LogP contribution in [0.15, 0.2) is 24.3 Å². The van der Waals surface area contributed by atoms with E-state index < -0.39 is 11.5 Å². The van der Waals surface area contributed by atoms with Crippen molar-refractivity contribution in [1.29, 1.82) is 0 Å². The van der Waals surface area contributed by atoms with Crippen molar-refractivity contribution in [3.05, 3.63) is 29.8 Å². The Bertz CT molecular complexity index is 515. The summed E-state index contributed by atoms with van der Waals surface area (Å²) in [5.41, 5.74) is -0.419. The molecular formula is C17H25NO4. The number of carbonyl (C=O) groups is 2. The van der Waals surface area contributed by atoms with Gasteiger partial charge in [0.05, 0.1) is 13.0 Å². The van der Waals surface area contributed by atoms with Gasteiger partial charge in [0, 0.05) is 0 Å². The maximum atomic E-state index is 12.1. The number of hydrogen-bond acceptors (Lipinski definition) is 3. The van der Waals surface area contributed by atoms with Crippen molar-refractivity contribution in [2.24, 2.45) is 0 Å².